The number of β-amino-alcohol motifs (C(OH)–C–C–N with tert-alkyl or cyclic N) is 1. The summed E-state index contributed by atoms with van der Waals surface area (Å²) in [6.07, 6.45) is 6.27. The molecule has 2 heterocycles. The lowest BCUT2D eigenvalue weighted by Gasteiger charge is -2.40. The van der Waals surface area contributed by atoms with Crippen molar-refractivity contribution in [1.82, 2.24) is 9.80 Å². The fourth-order valence-corrected chi connectivity index (χ4v) is 3.82. The van der Waals surface area contributed by atoms with E-state index in [0.29, 0.717) is 6.54 Å². The van der Waals surface area contributed by atoms with E-state index >= 15 is 0 Å². The molecule has 2 saturated heterocycles. The zero-order chi connectivity index (χ0) is 15.2. The smallest absolute Gasteiger partial charge is 0.0793 e. The summed E-state index contributed by atoms with van der Waals surface area (Å²) in [6.45, 7) is 9.14. The maximum Gasteiger partial charge on any atom is 0.0793 e. The lowest BCUT2D eigenvalue weighted by Crippen LogP contribution is -2.51. The topological polar surface area (TPSA) is 46.9 Å². The first kappa shape index (κ1) is 17.2. The third-order valence-electron chi connectivity index (χ3n) is 5.32. The Balaban J connectivity index is 1.78. The van der Waals surface area contributed by atoms with E-state index in [-0.39, 0.29) is 18.2 Å². The van der Waals surface area contributed by atoms with Crippen LogP contribution in [0.3, 0.4) is 0 Å². The van der Waals surface area contributed by atoms with Gasteiger partial charge in [-0.05, 0) is 57.7 Å². The molecule has 0 radical (unpaired) electrons. The second-order valence-corrected chi connectivity index (χ2v) is 7.17. The van der Waals surface area contributed by atoms with Crippen molar-refractivity contribution in [2.75, 3.05) is 32.7 Å². The van der Waals surface area contributed by atoms with E-state index in [1.165, 1.54) is 25.7 Å². The van der Waals surface area contributed by atoms with Crippen molar-refractivity contribution in [3.63, 3.8) is 0 Å². The van der Waals surface area contributed by atoms with Crippen LogP contribution in [0.25, 0.3) is 0 Å². The maximum absolute atomic E-state index is 10.4. The van der Waals surface area contributed by atoms with Crippen LogP contribution in [0.15, 0.2) is 0 Å². The average Bonchev–Trinajstić information content (AvgIpc) is 2.49. The van der Waals surface area contributed by atoms with Gasteiger partial charge in [0.2, 0.25) is 0 Å². The fraction of sp³-hybridized carbons (Fsp3) is 1.00. The summed E-state index contributed by atoms with van der Waals surface area (Å²) < 4.78 is 0. The molecule has 124 valence electrons. The van der Waals surface area contributed by atoms with Crippen molar-refractivity contribution >= 4 is 0 Å². The van der Waals surface area contributed by atoms with Gasteiger partial charge in [0, 0.05) is 19.1 Å². The Kier molecular flexibility index (Phi) is 6.93. The molecule has 0 aliphatic carbocycles. The number of aliphatic hydroxyl groups is 2. The van der Waals surface area contributed by atoms with Gasteiger partial charge in [0.15, 0.2) is 0 Å². The molecule has 0 saturated carbocycles. The van der Waals surface area contributed by atoms with E-state index in [1.54, 1.807) is 0 Å². The van der Waals surface area contributed by atoms with E-state index in [1.807, 2.05) is 6.92 Å². The van der Waals surface area contributed by atoms with Gasteiger partial charge in [-0.2, -0.15) is 0 Å². The fourth-order valence-electron chi connectivity index (χ4n) is 3.82. The Labute approximate surface area is 130 Å². The van der Waals surface area contributed by atoms with Crippen LogP contribution in [0.1, 0.15) is 52.4 Å². The molecule has 0 spiro atoms. The number of piperidine rings is 2. The van der Waals surface area contributed by atoms with E-state index in [4.69, 9.17) is 0 Å². The summed E-state index contributed by atoms with van der Waals surface area (Å²) in [7, 11) is 0. The number of rotatable bonds is 6. The second kappa shape index (κ2) is 8.47. The van der Waals surface area contributed by atoms with Gasteiger partial charge in [-0.3, -0.25) is 4.90 Å². The molecule has 4 nitrogen and oxygen atoms in total. The van der Waals surface area contributed by atoms with Crippen LogP contribution in [0.2, 0.25) is 0 Å². The predicted molar refractivity (Wildman–Crippen MR) is 86.4 cm³/mol. The molecular weight excluding hydrogens is 264 g/mol. The van der Waals surface area contributed by atoms with Crippen LogP contribution in [0.4, 0.5) is 0 Å². The minimum absolute atomic E-state index is 0.242. The van der Waals surface area contributed by atoms with Gasteiger partial charge < -0.3 is 15.1 Å². The van der Waals surface area contributed by atoms with Gasteiger partial charge in [-0.1, -0.05) is 20.3 Å². The van der Waals surface area contributed by atoms with Gasteiger partial charge >= 0.3 is 0 Å². The van der Waals surface area contributed by atoms with Gasteiger partial charge in [-0.15, -0.1) is 0 Å². The quantitative estimate of drug-likeness (QED) is 0.783. The van der Waals surface area contributed by atoms with Crippen molar-refractivity contribution in [1.29, 1.82) is 0 Å². The Bertz CT molecular complexity index is 293. The largest absolute Gasteiger partial charge is 0.392 e. The molecule has 3 atom stereocenters. The highest BCUT2D eigenvalue weighted by Gasteiger charge is 2.29. The van der Waals surface area contributed by atoms with Crippen molar-refractivity contribution in [3.8, 4) is 0 Å². The van der Waals surface area contributed by atoms with Crippen LogP contribution in [-0.4, -0.2) is 71.0 Å². The van der Waals surface area contributed by atoms with Crippen molar-refractivity contribution < 1.29 is 10.2 Å². The second-order valence-electron chi connectivity index (χ2n) is 7.17. The molecule has 4 heteroatoms. The van der Waals surface area contributed by atoms with Gasteiger partial charge in [0.05, 0.1) is 12.2 Å². The highest BCUT2D eigenvalue weighted by Crippen LogP contribution is 2.22. The molecule has 0 bridgehead atoms. The Morgan fingerprint density at radius 1 is 1.00 bits per heavy atom. The van der Waals surface area contributed by atoms with Crippen molar-refractivity contribution in [2.45, 2.75) is 70.6 Å². The number of likely N-dealkylation sites (tertiary alicyclic amines) is 2. The summed E-state index contributed by atoms with van der Waals surface area (Å²) in [5.74, 6) is 0.838. The zero-order valence-corrected chi connectivity index (χ0v) is 13.9. The molecule has 0 aromatic heterocycles. The normalized spacial score (nSPS) is 29.4. The third-order valence-corrected chi connectivity index (χ3v) is 5.32. The molecule has 2 N–H and O–H groups in total. The highest BCUT2D eigenvalue weighted by molar-refractivity contribution is 4.84. The van der Waals surface area contributed by atoms with Gasteiger partial charge in [0.1, 0.15) is 0 Å². The van der Waals surface area contributed by atoms with Crippen LogP contribution < -0.4 is 0 Å². The maximum atomic E-state index is 10.4. The molecular formula is C17H34N2O2. The standard InChI is InChI=1S/C17H34N2O2/c1-3-17(21)16-6-4-5-9-19(16)13-15(20)12-18-10-7-14(2)8-11-18/h14-17,20-21H,3-13H2,1-2H3/t15-,16+,17-/m1/s1. The van der Waals surface area contributed by atoms with Crippen molar-refractivity contribution in [3.05, 3.63) is 0 Å². The van der Waals surface area contributed by atoms with Crippen LogP contribution in [-0.2, 0) is 0 Å². The number of hydrogen-bond donors (Lipinski definition) is 2. The first-order chi connectivity index (χ1) is 10.1. The predicted octanol–water partition coefficient (Wildman–Crippen LogP) is 1.70. The molecule has 0 unspecified atom stereocenters. The lowest BCUT2D eigenvalue weighted by molar-refractivity contribution is -0.00988. The monoisotopic (exact) mass is 298 g/mol. The molecule has 2 aliphatic heterocycles. The molecule has 0 amide bonds. The van der Waals surface area contributed by atoms with Crippen LogP contribution in [0, 0.1) is 5.92 Å². The Morgan fingerprint density at radius 3 is 2.38 bits per heavy atom. The minimum atomic E-state index is -0.289. The Morgan fingerprint density at radius 2 is 1.71 bits per heavy atom. The number of aliphatic hydroxyl groups excluding tert-OH is 2. The number of hydrogen-bond acceptors (Lipinski definition) is 4. The Hall–Kier alpha value is -0.160. The summed E-state index contributed by atoms with van der Waals surface area (Å²) in [5, 5.41) is 20.6. The van der Waals surface area contributed by atoms with Crippen LogP contribution in [0.5, 0.6) is 0 Å². The van der Waals surface area contributed by atoms with E-state index in [0.717, 1.165) is 44.9 Å². The van der Waals surface area contributed by atoms with E-state index in [9.17, 15) is 10.2 Å². The summed E-state index contributed by atoms with van der Waals surface area (Å²) in [4.78, 5) is 4.73. The van der Waals surface area contributed by atoms with E-state index in [2.05, 4.69) is 16.7 Å². The SMILES string of the molecule is CC[C@@H](O)[C@@H]1CCCCN1C[C@H](O)CN1CCC(C)CC1. The average molecular weight is 298 g/mol. The number of nitrogens with zero attached hydrogens (tertiary/aromatic N) is 2. The molecule has 2 aliphatic rings. The lowest BCUT2D eigenvalue weighted by atomic mass is 9.95. The van der Waals surface area contributed by atoms with Crippen LogP contribution >= 0.6 is 0 Å². The molecule has 2 rings (SSSR count). The molecule has 21 heavy (non-hydrogen) atoms. The minimum Gasteiger partial charge on any atom is -0.392 e. The molecule has 0 aromatic rings. The molecule has 0 aromatic carbocycles. The summed E-state index contributed by atoms with van der Waals surface area (Å²) in [5.41, 5.74) is 0. The molecule has 2 fully saturated rings. The van der Waals surface area contributed by atoms with Gasteiger partial charge in [0.25, 0.3) is 0 Å². The summed E-state index contributed by atoms with van der Waals surface area (Å²) >= 11 is 0. The van der Waals surface area contributed by atoms with E-state index < -0.39 is 0 Å². The first-order valence-electron chi connectivity index (χ1n) is 8.92. The third kappa shape index (κ3) is 5.20. The zero-order valence-electron chi connectivity index (χ0n) is 13.9. The van der Waals surface area contributed by atoms with Crippen molar-refractivity contribution in [2.24, 2.45) is 5.92 Å². The highest BCUT2D eigenvalue weighted by atomic mass is 16.3. The summed E-state index contributed by atoms with van der Waals surface area (Å²) in [6, 6.07) is 0.250. The first-order valence-corrected chi connectivity index (χ1v) is 8.92. The van der Waals surface area contributed by atoms with Gasteiger partial charge in [-0.25, -0.2) is 0 Å².